The number of carbonyl (C=O) groups is 1. The Kier molecular flexibility index (Phi) is 5.27. The third kappa shape index (κ3) is 3.91. The summed E-state index contributed by atoms with van der Waals surface area (Å²) in [5, 5.41) is 5.66. The number of halogens is 4. The maximum atomic E-state index is 13.7. The number of para-hydroxylation sites is 1. The Morgan fingerprint density at radius 1 is 1.30 bits per heavy atom. The number of thiophene rings is 1. The van der Waals surface area contributed by atoms with Crippen molar-refractivity contribution in [1.82, 2.24) is 9.78 Å². The number of hydrogen-bond acceptors (Lipinski definition) is 4. The molecule has 10 heteroatoms. The van der Waals surface area contributed by atoms with Crippen molar-refractivity contribution >= 4 is 23.1 Å². The summed E-state index contributed by atoms with van der Waals surface area (Å²) in [5.41, 5.74) is 1.07. The van der Waals surface area contributed by atoms with Crippen LogP contribution in [0.1, 0.15) is 33.4 Å². The van der Waals surface area contributed by atoms with Crippen LogP contribution in [0.4, 0.5) is 23.4 Å². The van der Waals surface area contributed by atoms with Gasteiger partial charge in [0, 0.05) is 18.2 Å². The molecule has 3 heterocycles. The molecule has 1 aliphatic rings. The van der Waals surface area contributed by atoms with Crippen molar-refractivity contribution in [3.63, 3.8) is 0 Å². The minimum absolute atomic E-state index is 0.0624. The van der Waals surface area contributed by atoms with Gasteiger partial charge in [-0.25, -0.2) is 9.07 Å². The quantitative estimate of drug-likeness (QED) is 0.530. The molecule has 1 aromatic carbocycles. The number of hydrogen-bond donors (Lipinski definition) is 0. The van der Waals surface area contributed by atoms with E-state index in [0.717, 1.165) is 16.0 Å². The monoisotopic (exact) mass is 439 g/mol. The molecule has 0 spiro atoms. The van der Waals surface area contributed by atoms with Crippen LogP contribution in [-0.2, 0) is 6.61 Å². The number of nitrogens with zero attached hydrogens (tertiary/aromatic N) is 3. The summed E-state index contributed by atoms with van der Waals surface area (Å²) >= 11 is 1.16. The van der Waals surface area contributed by atoms with Crippen LogP contribution in [0.25, 0.3) is 0 Å². The largest absolute Gasteiger partial charge is 0.486 e. The van der Waals surface area contributed by atoms with Crippen molar-refractivity contribution in [2.75, 3.05) is 11.4 Å². The van der Waals surface area contributed by atoms with Crippen LogP contribution in [-0.4, -0.2) is 28.4 Å². The Morgan fingerprint density at radius 2 is 2.07 bits per heavy atom. The number of carbonyl (C=O) groups excluding carboxylic acids is 1. The lowest BCUT2D eigenvalue weighted by atomic mass is 10.1. The summed E-state index contributed by atoms with van der Waals surface area (Å²) in [6.45, 7) is 1.59. The highest BCUT2D eigenvalue weighted by atomic mass is 32.1. The zero-order chi connectivity index (χ0) is 21.5. The minimum atomic E-state index is -4.44. The number of benzene rings is 1. The molecule has 0 fully saturated rings. The maximum Gasteiger partial charge on any atom is 0.410 e. The summed E-state index contributed by atoms with van der Waals surface area (Å²) in [6, 6.07) is 7.32. The molecule has 5 nitrogen and oxygen atoms in total. The highest BCUT2D eigenvalue weighted by Crippen LogP contribution is 2.40. The highest BCUT2D eigenvalue weighted by Gasteiger charge is 2.46. The molecule has 30 heavy (non-hydrogen) atoms. The summed E-state index contributed by atoms with van der Waals surface area (Å²) < 4.78 is 60.0. The molecule has 0 saturated carbocycles. The van der Waals surface area contributed by atoms with Crippen LogP contribution in [0.15, 0.2) is 41.8 Å². The second-order valence-corrected chi connectivity index (χ2v) is 7.84. The third-order valence-corrected chi connectivity index (χ3v) is 5.72. The number of amides is 1. The number of anilines is 1. The first-order valence-corrected chi connectivity index (χ1v) is 10.0. The van der Waals surface area contributed by atoms with Crippen LogP contribution in [0, 0.1) is 12.7 Å². The molecule has 2 aromatic heterocycles. The van der Waals surface area contributed by atoms with E-state index in [4.69, 9.17) is 4.74 Å². The van der Waals surface area contributed by atoms with Crippen LogP contribution < -0.4 is 9.64 Å². The lowest BCUT2D eigenvalue weighted by Crippen LogP contribution is -2.42. The molecule has 0 bridgehead atoms. The van der Waals surface area contributed by atoms with Crippen molar-refractivity contribution in [3.8, 4) is 5.75 Å². The Labute approximate surface area is 173 Å². The van der Waals surface area contributed by atoms with Crippen molar-refractivity contribution < 1.29 is 27.1 Å². The number of rotatable bonds is 4. The maximum absolute atomic E-state index is 13.7. The van der Waals surface area contributed by atoms with E-state index in [1.807, 2.05) is 0 Å². The van der Waals surface area contributed by atoms with E-state index in [-0.39, 0.29) is 31.1 Å². The molecule has 0 N–H and O–H groups in total. The Morgan fingerprint density at radius 3 is 2.80 bits per heavy atom. The average molecular weight is 439 g/mol. The fourth-order valence-corrected chi connectivity index (χ4v) is 4.19. The molecule has 1 unspecified atom stereocenters. The molecule has 0 saturated heterocycles. The number of aromatic nitrogens is 2. The normalized spacial score (nSPS) is 16.4. The second-order valence-electron chi connectivity index (χ2n) is 6.93. The van der Waals surface area contributed by atoms with Gasteiger partial charge in [-0.05, 0) is 36.9 Å². The molecule has 3 aromatic rings. The van der Waals surface area contributed by atoms with Gasteiger partial charge in [0.2, 0.25) is 0 Å². The van der Waals surface area contributed by atoms with E-state index in [0.29, 0.717) is 16.1 Å². The Balaban J connectivity index is 1.52. The van der Waals surface area contributed by atoms with Gasteiger partial charge in [0.15, 0.2) is 17.6 Å². The van der Waals surface area contributed by atoms with Crippen LogP contribution in [0.3, 0.4) is 0 Å². The van der Waals surface area contributed by atoms with Crippen LogP contribution >= 0.6 is 11.3 Å². The predicted octanol–water partition coefficient (Wildman–Crippen LogP) is 5.13. The molecular weight excluding hydrogens is 422 g/mol. The van der Waals surface area contributed by atoms with Crippen molar-refractivity contribution in [3.05, 3.63) is 63.7 Å². The van der Waals surface area contributed by atoms with Gasteiger partial charge in [-0.2, -0.15) is 18.3 Å². The molecule has 1 amide bonds. The van der Waals surface area contributed by atoms with E-state index in [2.05, 4.69) is 5.10 Å². The van der Waals surface area contributed by atoms with E-state index in [1.165, 1.54) is 23.1 Å². The summed E-state index contributed by atoms with van der Waals surface area (Å²) in [7, 11) is 0. The topological polar surface area (TPSA) is 47.4 Å². The minimum Gasteiger partial charge on any atom is -0.486 e. The first-order valence-electron chi connectivity index (χ1n) is 9.13. The number of aryl methyl sites for hydroxylation is 1. The number of alkyl halides is 3. The van der Waals surface area contributed by atoms with E-state index >= 15 is 0 Å². The fraction of sp³-hybridized carbons (Fsp3) is 0.300. The molecule has 4 rings (SSSR count). The van der Waals surface area contributed by atoms with Gasteiger partial charge in [-0.15, -0.1) is 11.3 Å². The SMILES string of the molecule is Cc1cc2n(n1)C(C(F)(F)F)CCN2C(=O)c1cc(COc2ccccc2F)cs1. The molecule has 0 aliphatic carbocycles. The van der Waals surface area contributed by atoms with E-state index < -0.39 is 23.9 Å². The predicted molar refractivity (Wildman–Crippen MR) is 103 cm³/mol. The zero-order valence-corrected chi connectivity index (χ0v) is 16.6. The summed E-state index contributed by atoms with van der Waals surface area (Å²) in [6.07, 6.45) is -4.71. The zero-order valence-electron chi connectivity index (χ0n) is 15.8. The van der Waals surface area contributed by atoms with Gasteiger partial charge in [0.05, 0.1) is 10.6 Å². The van der Waals surface area contributed by atoms with Gasteiger partial charge in [-0.1, -0.05) is 12.1 Å². The molecule has 1 aliphatic heterocycles. The van der Waals surface area contributed by atoms with Crippen LogP contribution in [0.2, 0.25) is 0 Å². The van der Waals surface area contributed by atoms with Crippen molar-refractivity contribution in [1.29, 1.82) is 0 Å². The fourth-order valence-electron chi connectivity index (χ4n) is 3.35. The molecule has 0 radical (unpaired) electrons. The Bertz CT molecular complexity index is 1080. The van der Waals surface area contributed by atoms with Gasteiger partial charge >= 0.3 is 6.18 Å². The van der Waals surface area contributed by atoms with Gasteiger partial charge in [0.1, 0.15) is 12.4 Å². The van der Waals surface area contributed by atoms with Gasteiger partial charge < -0.3 is 4.74 Å². The lowest BCUT2D eigenvalue weighted by molar-refractivity contribution is -0.172. The van der Waals surface area contributed by atoms with Gasteiger partial charge in [0.25, 0.3) is 5.91 Å². The Hall–Kier alpha value is -2.88. The number of ether oxygens (including phenoxy) is 1. The average Bonchev–Trinajstić information content (AvgIpc) is 3.31. The highest BCUT2D eigenvalue weighted by molar-refractivity contribution is 7.12. The number of fused-ring (bicyclic) bond motifs is 1. The van der Waals surface area contributed by atoms with E-state index in [9.17, 15) is 22.4 Å². The third-order valence-electron chi connectivity index (χ3n) is 4.75. The van der Waals surface area contributed by atoms with E-state index in [1.54, 1.807) is 30.5 Å². The van der Waals surface area contributed by atoms with Crippen molar-refractivity contribution in [2.24, 2.45) is 0 Å². The molecular formula is C20H17F4N3O2S. The van der Waals surface area contributed by atoms with Gasteiger partial charge in [-0.3, -0.25) is 9.69 Å². The summed E-state index contributed by atoms with van der Waals surface area (Å²) in [5.74, 6) is -0.659. The standard InChI is InChI=1S/C20H17F4N3O2S/c1-12-8-18-26(7-6-17(20(22,23)24)27(18)25-12)19(28)16-9-13(11-30-16)10-29-15-5-3-2-4-14(15)21/h2-5,8-9,11,17H,6-7,10H2,1H3. The van der Waals surface area contributed by atoms with Crippen molar-refractivity contribution in [2.45, 2.75) is 32.2 Å². The first kappa shape index (κ1) is 20.4. The molecule has 158 valence electrons. The lowest BCUT2D eigenvalue weighted by Gasteiger charge is -2.33. The summed E-state index contributed by atoms with van der Waals surface area (Å²) in [4.78, 5) is 14.7. The first-order chi connectivity index (χ1) is 14.2. The molecule has 1 atom stereocenters. The smallest absolute Gasteiger partial charge is 0.410 e. The second kappa shape index (κ2) is 7.75. The van der Waals surface area contributed by atoms with Crippen LogP contribution in [0.5, 0.6) is 5.75 Å².